The Balaban J connectivity index is 0. The third-order valence-electron chi connectivity index (χ3n) is 2.43. The molecule has 0 bridgehead atoms. The third-order valence-corrected chi connectivity index (χ3v) is 2.69. The summed E-state index contributed by atoms with van der Waals surface area (Å²) in [5.41, 5.74) is 0. The van der Waals surface area contributed by atoms with E-state index < -0.39 is 0 Å². The maximum absolute atomic E-state index is 11.4. The van der Waals surface area contributed by atoms with Gasteiger partial charge in [0.05, 0.1) is 6.54 Å². The van der Waals surface area contributed by atoms with Crippen LogP contribution in [0.25, 0.3) is 0 Å². The predicted molar refractivity (Wildman–Crippen MR) is 67.3 cm³/mol. The fourth-order valence-electron chi connectivity index (χ4n) is 1.09. The van der Waals surface area contributed by atoms with Crippen molar-refractivity contribution < 1.29 is 32.9 Å². The SMILES string of the molecule is CCC(C)C(=O)CCNC(=O)CNC(=O)C[S-].[V]. The van der Waals surface area contributed by atoms with Crippen LogP contribution in [0.3, 0.4) is 0 Å². The van der Waals surface area contributed by atoms with Crippen molar-refractivity contribution in [3.05, 3.63) is 0 Å². The summed E-state index contributed by atoms with van der Waals surface area (Å²) in [5.74, 6) is -0.529. The van der Waals surface area contributed by atoms with E-state index in [0.717, 1.165) is 6.42 Å². The van der Waals surface area contributed by atoms with Gasteiger partial charge in [0.2, 0.25) is 5.91 Å². The van der Waals surface area contributed by atoms with E-state index in [1.807, 2.05) is 13.8 Å². The van der Waals surface area contributed by atoms with Gasteiger partial charge in [-0.1, -0.05) is 19.6 Å². The number of nitrogens with one attached hydrogen (secondary N) is 2. The maximum Gasteiger partial charge on any atom is 0.239 e. The zero-order valence-corrected chi connectivity index (χ0v) is 12.9. The van der Waals surface area contributed by atoms with Gasteiger partial charge >= 0.3 is 0 Å². The minimum atomic E-state index is -0.342. The van der Waals surface area contributed by atoms with Crippen LogP contribution in [0.2, 0.25) is 0 Å². The average molecular weight is 310 g/mol. The second-order valence-electron chi connectivity index (χ2n) is 3.80. The first-order chi connectivity index (χ1) is 8.01. The Morgan fingerprint density at radius 1 is 1.17 bits per heavy atom. The van der Waals surface area contributed by atoms with Crippen LogP contribution >= 0.6 is 0 Å². The summed E-state index contributed by atoms with van der Waals surface area (Å²) in [6, 6.07) is 0. The van der Waals surface area contributed by atoms with Crippen LogP contribution in [0.5, 0.6) is 0 Å². The van der Waals surface area contributed by atoms with Gasteiger partial charge < -0.3 is 23.3 Å². The van der Waals surface area contributed by atoms with Crippen LogP contribution in [0, 0.1) is 5.92 Å². The molecule has 0 saturated heterocycles. The van der Waals surface area contributed by atoms with Crippen molar-refractivity contribution in [3.63, 3.8) is 0 Å². The van der Waals surface area contributed by atoms with Gasteiger partial charge in [-0.05, 0) is 6.42 Å². The molecule has 18 heavy (non-hydrogen) atoms. The second-order valence-corrected chi connectivity index (χ2v) is 4.09. The van der Waals surface area contributed by atoms with Crippen molar-refractivity contribution in [2.45, 2.75) is 26.7 Å². The molecule has 5 nitrogen and oxygen atoms in total. The summed E-state index contributed by atoms with van der Waals surface area (Å²) >= 11 is 4.50. The van der Waals surface area contributed by atoms with E-state index in [4.69, 9.17) is 0 Å². The number of Topliss-reactive ketones (excluding diaryl/α,β-unsaturated/α-hetero) is 1. The fraction of sp³-hybridized carbons (Fsp3) is 0.727. The normalized spacial score (nSPS) is 11.1. The Morgan fingerprint density at radius 2 is 1.78 bits per heavy atom. The number of ketones is 1. The molecule has 0 aromatic rings. The van der Waals surface area contributed by atoms with E-state index >= 15 is 0 Å². The Kier molecular flexibility index (Phi) is 12.8. The molecule has 7 heteroatoms. The van der Waals surface area contributed by atoms with Crippen LogP contribution in [-0.4, -0.2) is 36.4 Å². The number of carbonyl (C=O) groups excluding carboxylic acids is 3. The molecule has 0 aromatic carbocycles. The van der Waals surface area contributed by atoms with Gasteiger partial charge in [0, 0.05) is 37.4 Å². The molecule has 1 radical (unpaired) electrons. The number of amides is 2. The fourth-order valence-corrected chi connectivity index (χ4v) is 1.19. The van der Waals surface area contributed by atoms with Crippen molar-refractivity contribution in [2.24, 2.45) is 5.92 Å². The first-order valence-corrected chi connectivity index (χ1v) is 6.23. The van der Waals surface area contributed by atoms with Gasteiger partial charge in [-0.2, -0.15) is 0 Å². The molecule has 0 aliphatic heterocycles. The van der Waals surface area contributed by atoms with Crippen molar-refractivity contribution >= 4 is 30.2 Å². The molecular formula is C11H19N2O3SV-. The van der Waals surface area contributed by atoms with Gasteiger partial charge in [-0.3, -0.25) is 14.4 Å². The van der Waals surface area contributed by atoms with Crippen molar-refractivity contribution in [3.8, 4) is 0 Å². The van der Waals surface area contributed by atoms with E-state index in [-0.39, 0.29) is 54.4 Å². The van der Waals surface area contributed by atoms with E-state index in [2.05, 4.69) is 23.3 Å². The first-order valence-electron chi connectivity index (χ1n) is 5.65. The van der Waals surface area contributed by atoms with Crippen LogP contribution in [0.4, 0.5) is 0 Å². The monoisotopic (exact) mass is 310 g/mol. The van der Waals surface area contributed by atoms with Crippen LogP contribution in [0.1, 0.15) is 26.7 Å². The second kappa shape index (κ2) is 11.6. The Labute approximate surface area is 125 Å². The molecule has 0 heterocycles. The first kappa shape index (κ1) is 19.9. The topological polar surface area (TPSA) is 75.3 Å². The van der Waals surface area contributed by atoms with Gasteiger partial charge in [-0.25, -0.2) is 0 Å². The van der Waals surface area contributed by atoms with E-state index in [1.54, 1.807) is 0 Å². The molecular weight excluding hydrogens is 291 g/mol. The zero-order chi connectivity index (χ0) is 13.3. The van der Waals surface area contributed by atoms with Gasteiger partial charge in [0.1, 0.15) is 5.78 Å². The minimum Gasteiger partial charge on any atom is -0.783 e. The van der Waals surface area contributed by atoms with E-state index in [9.17, 15) is 14.4 Å². The number of hydrogen-bond donors (Lipinski definition) is 2. The molecule has 0 fully saturated rings. The smallest absolute Gasteiger partial charge is 0.239 e. The summed E-state index contributed by atoms with van der Waals surface area (Å²) < 4.78 is 0. The Morgan fingerprint density at radius 3 is 2.28 bits per heavy atom. The van der Waals surface area contributed by atoms with Crippen molar-refractivity contribution in [1.29, 1.82) is 0 Å². The summed E-state index contributed by atoms with van der Waals surface area (Å²) in [6.45, 7) is 4.04. The largest absolute Gasteiger partial charge is 0.783 e. The van der Waals surface area contributed by atoms with Crippen LogP contribution in [0.15, 0.2) is 0 Å². The summed E-state index contributed by atoms with van der Waals surface area (Å²) in [7, 11) is 0. The maximum atomic E-state index is 11.4. The molecule has 0 aromatic heterocycles. The van der Waals surface area contributed by atoms with Gasteiger partial charge in [-0.15, -0.1) is 0 Å². The summed E-state index contributed by atoms with van der Waals surface area (Å²) in [5, 5.41) is 4.93. The molecule has 0 saturated carbocycles. The summed E-state index contributed by atoms with van der Waals surface area (Å²) in [4.78, 5) is 33.4. The predicted octanol–water partition coefficient (Wildman–Crippen LogP) is -0.231. The Hall–Kier alpha value is -0.456. The minimum absolute atomic E-state index is 0. The Bertz CT molecular complexity index is 287. The molecule has 0 aliphatic carbocycles. The van der Waals surface area contributed by atoms with Crippen molar-refractivity contribution in [2.75, 3.05) is 18.8 Å². The van der Waals surface area contributed by atoms with Gasteiger partial charge in [0.25, 0.3) is 0 Å². The van der Waals surface area contributed by atoms with Crippen LogP contribution < -0.4 is 10.6 Å². The summed E-state index contributed by atoms with van der Waals surface area (Å²) in [6.07, 6.45) is 1.14. The van der Waals surface area contributed by atoms with Crippen molar-refractivity contribution in [1.82, 2.24) is 10.6 Å². The zero-order valence-electron chi connectivity index (χ0n) is 10.7. The standard InChI is InChI=1S/C11H20N2O3S.V/c1-3-8(2)9(14)4-5-12-10(15)6-13-11(16)7-17;/h8,17H,3-7H2,1-2H3,(H,12,15)(H,13,16);/p-1. The average Bonchev–Trinajstić information content (AvgIpc) is 2.34. The third kappa shape index (κ3) is 9.56. The van der Waals surface area contributed by atoms with E-state index in [1.165, 1.54) is 0 Å². The quantitative estimate of drug-likeness (QED) is 0.607. The number of carbonyl (C=O) groups is 3. The van der Waals surface area contributed by atoms with Gasteiger partial charge in [0.15, 0.2) is 5.91 Å². The molecule has 1 atom stereocenters. The van der Waals surface area contributed by atoms with Crippen LogP contribution in [-0.2, 0) is 45.6 Å². The molecule has 0 rings (SSSR count). The molecule has 2 N–H and O–H groups in total. The number of rotatable bonds is 8. The number of hydrogen-bond acceptors (Lipinski definition) is 4. The molecule has 103 valence electrons. The van der Waals surface area contributed by atoms with E-state index in [0.29, 0.717) is 13.0 Å². The molecule has 0 spiro atoms. The molecule has 1 unspecified atom stereocenters. The molecule has 2 amide bonds. The molecule has 0 aliphatic rings.